The van der Waals surface area contributed by atoms with Crippen LogP contribution < -0.4 is 0 Å². The number of rotatable bonds is 5. The Morgan fingerprint density at radius 3 is 2.75 bits per heavy atom. The van der Waals surface area contributed by atoms with Gasteiger partial charge in [-0.25, -0.2) is 8.78 Å². The van der Waals surface area contributed by atoms with Gasteiger partial charge in [-0.05, 0) is 56.0 Å². The van der Waals surface area contributed by atoms with Gasteiger partial charge in [-0.15, -0.1) is 0 Å². The maximum atomic E-state index is 13.5. The van der Waals surface area contributed by atoms with Gasteiger partial charge in [0.05, 0.1) is 11.1 Å². The van der Waals surface area contributed by atoms with E-state index in [1.807, 2.05) is 4.90 Å². The summed E-state index contributed by atoms with van der Waals surface area (Å²) in [6.07, 6.45) is 3.57. The summed E-state index contributed by atoms with van der Waals surface area (Å²) in [5.74, 6) is -1.58. The molecule has 0 radical (unpaired) electrons. The molecule has 3 heterocycles. The van der Waals surface area contributed by atoms with Crippen molar-refractivity contribution < 1.29 is 13.6 Å². The number of H-pyrrole nitrogens is 1. The molecule has 2 saturated heterocycles. The molecule has 0 saturated carbocycles. The number of aromatic amines is 1. The van der Waals surface area contributed by atoms with Crippen molar-refractivity contribution >= 4 is 5.91 Å². The number of piperidine rings is 1. The normalized spacial score (nSPS) is 23.1. The molecule has 2 fully saturated rings. The molecule has 150 valence electrons. The number of carbonyl (C=O) groups is 1. The highest BCUT2D eigenvalue weighted by Gasteiger charge is 2.48. The molecule has 4 rings (SSSR count). The Bertz CT molecular complexity index is 868. The fourth-order valence-corrected chi connectivity index (χ4v) is 4.55. The Morgan fingerprint density at radius 1 is 1.14 bits per heavy atom. The van der Waals surface area contributed by atoms with Crippen LogP contribution in [0.3, 0.4) is 0 Å². The maximum absolute atomic E-state index is 13.5. The third-order valence-electron chi connectivity index (χ3n) is 6.05. The summed E-state index contributed by atoms with van der Waals surface area (Å²) < 4.78 is 26.7. The molecule has 28 heavy (non-hydrogen) atoms. The molecule has 2 aromatic rings. The van der Waals surface area contributed by atoms with Gasteiger partial charge in [0, 0.05) is 31.9 Å². The van der Waals surface area contributed by atoms with Crippen LogP contribution in [-0.2, 0) is 24.3 Å². The number of nitrogens with one attached hydrogen (secondary N) is 1. The molecule has 1 aromatic carbocycles. The number of carbonyl (C=O) groups excluding carboxylic acids is 1. The van der Waals surface area contributed by atoms with Crippen molar-refractivity contribution in [2.24, 2.45) is 5.41 Å². The topological polar surface area (TPSA) is 52.2 Å². The number of aromatic nitrogens is 2. The molecule has 2 aliphatic heterocycles. The molecular weight excluding hydrogens is 362 g/mol. The number of nitrogens with zero attached hydrogens (tertiary/aromatic N) is 3. The molecular formula is C21H26F2N4O. The predicted molar refractivity (Wildman–Crippen MR) is 101 cm³/mol. The Balaban J connectivity index is 1.42. The van der Waals surface area contributed by atoms with Crippen molar-refractivity contribution in [3.05, 3.63) is 52.9 Å². The van der Waals surface area contributed by atoms with E-state index < -0.39 is 11.6 Å². The second kappa shape index (κ2) is 7.62. The molecule has 1 aromatic heterocycles. The van der Waals surface area contributed by atoms with E-state index >= 15 is 0 Å². The van der Waals surface area contributed by atoms with Crippen molar-refractivity contribution in [2.45, 2.75) is 45.7 Å². The van der Waals surface area contributed by atoms with E-state index in [1.54, 1.807) is 6.07 Å². The van der Waals surface area contributed by atoms with Crippen LogP contribution >= 0.6 is 0 Å². The summed E-state index contributed by atoms with van der Waals surface area (Å²) in [6.45, 7) is 5.46. The van der Waals surface area contributed by atoms with E-state index in [0.717, 1.165) is 62.8 Å². The first kappa shape index (κ1) is 19.1. The van der Waals surface area contributed by atoms with E-state index in [2.05, 4.69) is 28.1 Å². The van der Waals surface area contributed by atoms with Gasteiger partial charge in [0.15, 0.2) is 11.6 Å². The van der Waals surface area contributed by atoms with Crippen LogP contribution in [0.4, 0.5) is 8.78 Å². The third kappa shape index (κ3) is 3.68. The van der Waals surface area contributed by atoms with Gasteiger partial charge in [-0.3, -0.25) is 14.8 Å². The van der Waals surface area contributed by atoms with Crippen LogP contribution in [0, 0.1) is 17.0 Å². The highest BCUT2D eigenvalue weighted by atomic mass is 19.2. The fourth-order valence-electron chi connectivity index (χ4n) is 4.55. The number of likely N-dealkylation sites (tertiary alicyclic amines) is 2. The zero-order chi connectivity index (χ0) is 19.7. The summed E-state index contributed by atoms with van der Waals surface area (Å²) in [4.78, 5) is 17.4. The summed E-state index contributed by atoms with van der Waals surface area (Å²) in [7, 11) is 0. The molecule has 5 nitrogen and oxygen atoms in total. The first-order valence-electron chi connectivity index (χ1n) is 9.98. The molecule has 0 unspecified atom stereocenters. The quantitative estimate of drug-likeness (QED) is 0.855. The zero-order valence-corrected chi connectivity index (χ0v) is 16.2. The highest BCUT2D eigenvalue weighted by molar-refractivity contribution is 5.84. The summed E-state index contributed by atoms with van der Waals surface area (Å²) in [5, 5.41) is 7.37. The van der Waals surface area contributed by atoms with Gasteiger partial charge < -0.3 is 4.90 Å². The summed E-state index contributed by atoms with van der Waals surface area (Å²) in [6, 6.07) is 5.95. The number of hydrogen-bond donors (Lipinski definition) is 1. The van der Waals surface area contributed by atoms with Gasteiger partial charge >= 0.3 is 0 Å². The summed E-state index contributed by atoms with van der Waals surface area (Å²) in [5.41, 5.74) is 2.40. The minimum absolute atomic E-state index is 0.143. The zero-order valence-electron chi connectivity index (χ0n) is 16.2. The first-order valence-corrected chi connectivity index (χ1v) is 9.98. The fraction of sp³-hybridized carbons (Fsp3) is 0.524. The number of amides is 1. The number of benzene rings is 1. The SMILES string of the molecule is CCc1cc(CN2CC[C@]3(CCCN(Cc4ccc(F)c(F)c4)C3=O)C2)[nH]n1. The van der Waals surface area contributed by atoms with Gasteiger partial charge in [0.1, 0.15) is 0 Å². The van der Waals surface area contributed by atoms with Gasteiger partial charge in [-0.2, -0.15) is 5.10 Å². The van der Waals surface area contributed by atoms with Crippen molar-refractivity contribution in [1.82, 2.24) is 20.0 Å². The molecule has 1 spiro atoms. The predicted octanol–water partition coefficient (Wildman–Crippen LogP) is 3.27. The largest absolute Gasteiger partial charge is 0.338 e. The van der Waals surface area contributed by atoms with Gasteiger partial charge in [0.2, 0.25) is 5.91 Å². The van der Waals surface area contributed by atoms with Crippen LogP contribution in [0.5, 0.6) is 0 Å². The monoisotopic (exact) mass is 388 g/mol. The van der Waals surface area contributed by atoms with E-state index in [9.17, 15) is 13.6 Å². The van der Waals surface area contributed by atoms with Crippen LogP contribution in [0.15, 0.2) is 24.3 Å². The lowest BCUT2D eigenvalue weighted by Gasteiger charge is -2.39. The van der Waals surface area contributed by atoms with E-state index in [1.165, 1.54) is 6.07 Å². The minimum atomic E-state index is -0.866. The van der Waals surface area contributed by atoms with E-state index in [4.69, 9.17) is 0 Å². The van der Waals surface area contributed by atoms with E-state index in [-0.39, 0.29) is 11.3 Å². The Kier molecular flexibility index (Phi) is 5.19. The number of halogens is 2. The Hall–Kier alpha value is -2.28. The van der Waals surface area contributed by atoms with Gasteiger partial charge in [0.25, 0.3) is 0 Å². The second-order valence-corrected chi connectivity index (χ2v) is 8.06. The molecule has 0 aliphatic carbocycles. The lowest BCUT2D eigenvalue weighted by Crippen LogP contribution is -2.49. The Morgan fingerprint density at radius 2 is 2.00 bits per heavy atom. The number of hydrogen-bond acceptors (Lipinski definition) is 3. The minimum Gasteiger partial charge on any atom is -0.338 e. The third-order valence-corrected chi connectivity index (χ3v) is 6.05. The molecule has 2 aliphatic rings. The average Bonchev–Trinajstić information content (AvgIpc) is 3.30. The first-order chi connectivity index (χ1) is 13.5. The molecule has 0 bridgehead atoms. The average molecular weight is 388 g/mol. The highest BCUT2D eigenvalue weighted by Crippen LogP contribution is 2.40. The smallest absolute Gasteiger partial charge is 0.230 e. The van der Waals surface area contributed by atoms with Gasteiger partial charge in [-0.1, -0.05) is 13.0 Å². The number of aryl methyl sites for hydroxylation is 1. The Labute approximate surface area is 163 Å². The molecule has 1 atom stereocenters. The van der Waals surface area contributed by atoms with Crippen LogP contribution in [0.25, 0.3) is 0 Å². The van der Waals surface area contributed by atoms with Crippen molar-refractivity contribution in [1.29, 1.82) is 0 Å². The molecule has 1 N–H and O–H groups in total. The lowest BCUT2D eigenvalue weighted by atomic mass is 9.78. The van der Waals surface area contributed by atoms with Crippen molar-refractivity contribution in [3.63, 3.8) is 0 Å². The van der Waals surface area contributed by atoms with Crippen LogP contribution in [0.1, 0.15) is 43.1 Å². The second-order valence-electron chi connectivity index (χ2n) is 8.06. The van der Waals surface area contributed by atoms with Crippen molar-refractivity contribution in [3.8, 4) is 0 Å². The maximum Gasteiger partial charge on any atom is 0.230 e. The molecule has 7 heteroatoms. The van der Waals surface area contributed by atoms with Crippen LogP contribution in [0.2, 0.25) is 0 Å². The van der Waals surface area contributed by atoms with Crippen LogP contribution in [-0.4, -0.2) is 45.5 Å². The summed E-state index contributed by atoms with van der Waals surface area (Å²) >= 11 is 0. The van der Waals surface area contributed by atoms with E-state index in [0.29, 0.717) is 18.7 Å². The lowest BCUT2D eigenvalue weighted by molar-refractivity contribution is -0.146. The molecule has 1 amide bonds. The standard InChI is InChI=1S/C21H26F2N4O/c1-2-16-11-17(25-24-16)13-26-9-7-21(14-26)6-3-8-27(20(21)28)12-15-4-5-18(22)19(23)10-15/h4-5,10-11H,2-3,6-9,12-14H2,1H3,(H,24,25)/t21-/m1/s1. The van der Waals surface area contributed by atoms with Crippen molar-refractivity contribution in [2.75, 3.05) is 19.6 Å².